The summed E-state index contributed by atoms with van der Waals surface area (Å²) in [7, 11) is 1.60. The summed E-state index contributed by atoms with van der Waals surface area (Å²) < 4.78 is 10.6. The lowest BCUT2D eigenvalue weighted by Crippen LogP contribution is -2.47. The molecule has 1 aliphatic carbocycles. The number of carbonyl (C=O) groups excluding carboxylic acids is 4. The van der Waals surface area contributed by atoms with Crippen LogP contribution in [0.3, 0.4) is 0 Å². The second-order valence-electron chi connectivity index (χ2n) is 9.38. The third kappa shape index (κ3) is 5.37. The van der Waals surface area contributed by atoms with E-state index in [1.807, 2.05) is 38.1 Å². The van der Waals surface area contributed by atoms with E-state index in [1.54, 1.807) is 36.3 Å². The molecule has 1 aliphatic heterocycles. The van der Waals surface area contributed by atoms with Gasteiger partial charge in [0.1, 0.15) is 11.8 Å². The van der Waals surface area contributed by atoms with Crippen molar-refractivity contribution in [3.63, 3.8) is 0 Å². The number of imide groups is 1. The number of amides is 3. The van der Waals surface area contributed by atoms with Crippen LogP contribution in [0.15, 0.2) is 48.5 Å². The van der Waals surface area contributed by atoms with Crippen molar-refractivity contribution in [3.8, 4) is 5.75 Å². The summed E-state index contributed by atoms with van der Waals surface area (Å²) in [5, 5.41) is 0. The molecule has 1 fully saturated rings. The first-order chi connectivity index (χ1) is 16.8. The van der Waals surface area contributed by atoms with Crippen LogP contribution in [0.5, 0.6) is 5.75 Å². The lowest BCUT2D eigenvalue weighted by Gasteiger charge is -2.27. The minimum atomic E-state index is -1.09. The number of esters is 1. The minimum absolute atomic E-state index is 0.0191. The van der Waals surface area contributed by atoms with Gasteiger partial charge in [-0.3, -0.25) is 19.3 Å². The van der Waals surface area contributed by atoms with Crippen LogP contribution < -0.4 is 4.74 Å². The van der Waals surface area contributed by atoms with Crippen LogP contribution in [0.1, 0.15) is 59.4 Å². The lowest BCUT2D eigenvalue weighted by atomic mass is 10.0. The first kappa shape index (κ1) is 24.4. The number of nitrogens with zero attached hydrogens (tertiary/aromatic N) is 2. The molecule has 1 unspecified atom stereocenters. The zero-order chi connectivity index (χ0) is 25.1. The molecule has 0 spiro atoms. The van der Waals surface area contributed by atoms with Crippen molar-refractivity contribution in [1.29, 1.82) is 0 Å². The number of fused-ring (bicyclic) bond motifs is 1. The molecule has 3 amide bonds. The van der Waals surface area contributed by atoms with Gasteiger partial charge in [-0.1, -0.05) is 38.1 Å². The maximum absolute atomic E-state index is 13.1. The highest BCUT2D eigenvalue weighted by Crippen LogP contribution is 2.30. The fourth-order valence-electron chi connectivity index (χ4n) is 4.29. The third-order valence-electron chi connectivity index (χ3n) is 6.26. The number of hydrogen-bond donors (Lipinski definition) is 0. The Labute approximate surface area is 204 Å². The van der Waals surface area contributed by atoms with Gasteiger partial charge in [0.15, 0.2) is 6.61 Å². The second kappa shape index (κ2) is 10.3. The summed E-state index contributed by atoms with van der Waals surface area (Å²) in [6.45, 7) is 3.75. The van der Waals surface area contributed by atoms with Gasteiger partial charge in [0, 0.05) is 12.6 Å². The zero-order valence-electron chi connectivity index (χ0n) is 20.2. The molecule has 1 atom stereocenters. The smallest absolute Gasteiger partial charge is 0.329 e. The molecule has 2 aromatic carbocycles. The molecular formula is C27H30N2O6. The number of benzene rings is 2. The summed E-state index contributed by atoms with van der Waals surface area (Å²) in [4.78, 5) is 54.7. The summed E-state index contributed by atoms with van der Waals surface area (Å²) in [5.41, 5.74) is 1.49. The Balaban J connectivity index is 1.44. The molecule has 4 rings (SSSR count). The van der Waals surface area contributed by atoms with E-state index < -0.39 is 30.4 Å². The van der Waals surface area contributed by atoms with E-state index in [9.17, 15) is 19.2 Å². The predicted octanol–water partition coefficient (Wildman–Crippen LogP) is 3.44. The van der Waals surface area contributed by atoms with E-state index in [1.165, 1.54) is 0 Å². The summed E-state index contributed by atoms with van der Waals surface area (Å²) >= 11 is 0. The Bertz CT molecular complexity index is 1090. The largest absolute Gasteiger partial charge is 0.497 e. The SMILES string of the molecule is COc1ccc(CN(C(=O)COC(=O)C(CC(C)C)N2C(=O)c3ccccc3C2=O)C2CC2)cc1. The molecule has 8 heteroatoms. The molecule has 184 valence electrons. The van der Waals surface area contributed by atoms with Gasteiger partial charge in [-0.05, 0) is 55.0 Å². The van der Waals surface area contributed by atoms with Gasteiger partial charge in [0.2, 0.25) is 0 Å². The van der Waals surface area contributed by atoms with Gasteiger partial charge in [-0.25, -0.2) is 4.79 Å². The van der Waals surface area contributed by atoms with Crippen LogP contribution in [-0.2, 0) is 20.9 Å². The van der Waals surface area contributed by atoms with E-state index in [0.717, 1.165) is 29.1 Å². The van der Waals surface area contributed by atoms with Crippen molar-refractivity contribution in [1.82, 2.24) is 9.80 Å². The topological polar surface area (TPSA) is 93.2 Å². The fourth-order valence-corrected chi connectivity index (χ4v) is 4.29. The van der Waals surface area contributed by atoms with Gasteiger partial charge in [-0.15, -0.1) is 0 Å². The van der Waals surface area contributed by atoms with Crippen molar-refractivity contribution >= 4 is 23.7 Å². The summed E-state index contributed by atoms with van der Waals surface area (Å²) in [5.74, 6) is -1.33. The Kier molecular flexibility index (Phi) is 7.19. The van der Waals surface area contributed by atoms with Crippen LogP contribution in [0.25, 0.3) is 0 Å². The summed E-state index contributed by atoms with van der Waals surface area (Å²) in [6.07, 6.45) is 2.05. The highest BCUT2D eigenvalue weighted by Gasteiger charge is 2.44. The molecule has 0 N–H and O–H groups in total. The fraction of sp³-hybridized carbons (Fsp3) is 0.407. The molecule has 2 aliphatic rings. The van der Waals surface area contributed by atoms with Crippen molar-refractivity contribution in [2.45, 2.75) is 51.7 Å². The van der Waals surface area contributed by atoms with Crippen LogP contribution in [-0.4, -0.2) is 59.3 Å². The zero-order valence-corrected chi connectivity index (χ0v) is 20.2. The molecule has 0 aromatic heterocycles. The molecule has 2 aromatic rings. The van der Waals surface area contributed by atoms with Gasteiger partial charge >= 0.3 is 5.97 Å². The molecule has 1 saturated carbocycles. The number of rotatable bonds is 10. The lowest BCUT2D eigenvalue weighted by molar-refractivity contribution is -0.156. The summed E-state index contributed by atoms with van der Waals surface area (Å²) in [6, 6.07) is 13.0. The van der Waals surface area contributed by atoms with Crippen molar-refractivity contribution in [2.24, 2.45) is 5.92 Å². The van der Waals surface area contributed by atoms with Crippen molar-refractivity contribution in [2.75, 3.05) is 13.7 Å². The van der Waals surface area contributed by atoms with Gasteiger partial charge in [0.05, 0.1) is 18.2 Å². The maximum Gasteiger partial charge on any atom is 0.329 e. The molecule has 0 bridgehead atoms. The van der Waals surface area contributed by atoms with Crippen molar-refractivity contribution in [3.05, 3.63) is 65.2 Å². The Morgan fingerprint density at radius 2 is 1.60 bits per heavy atom. The highest BCUT2D eigenvalue weighted by atomic mass is 16.5. The molecular weight excluding hydrogens is 448 g/mol. The predicted molar refractivity (Wildman–Crippen MR) is 128 cm³/mol. The Morgan fingerprint density at radius 1 is 1.00 bits per heavy atom. The van der Waals surface area contributed by atoms with E-state index in [-0.39, 0.29) is 35.4 Å². The van der Waals surface area contributed by atoms with E-state index in [4.69, 9.17) is 9.47 Å². The number of carbonyl (C=O) groups is 4. The maximum atomic E-state index is 13.1. The van der Waals surface area contributed by atoms with Gasteiger partial charge in [0.25, 0.3) is 17.7 Å². The van der Waals surface area contributed by atoms with Crippen molar-refractivity contribution < 1.29 is 28.7 Å². The third-order valence-corrected chi connectivity index (χ3v) is 6.26. The number of ether oxygens (including phenoxy) is 2. The minimum Gasteiger partial charge on any atom is -0.497 e. The number of methoxy groups -OCH3 is 1. The van der Waals surface area contributed by atoms with Crippen LogP contribution >= 0.6 is 0 Å². The van der Waals surface area contributed by atoms with E-state index in [2.05, 4.69) is 0 Å². The molecule has 0 radical (unpaired) electrons. The van der Waals surface area contributed by atoms with Gasteiger partial charge in [-0.2, -0.15) is 0 Å². The second-order valence-corrected chi connectivity index (χ2v) is 9.38. The average molecular weight is 479 g/mol. The average Bonchev–Trinajstić information content (AvgIpc) is 3.66. The van der Waals surface area contributed by atoms with Crippen LogP contribution in [0.4, 0.5) is 0 Å². The first-order valence-corrected chi connectivity index (χ1v) is 11.9. The van der Waals surface area contributed by atoms with Gasteiger partial charge < -0.3 is 14.4 Å². The first-order valence-electron chi connectivity index (χ1n) is 11.9. The van der Waals surface area contributed by atoms with Crippen LogP contribution in [0.2, 0.25) is 0 Å². The molecule has 1 heterocycles. The van der Waals surface area contributed by atoms with Crippen LogP contribution in [0, 0.1) is 5.92 Å². The molecule has 35 heavy (non-hydrogen) atoms. The van der Waals surface area contributed by atoms with E-state index >= 15 is 0 Å². The highest BCUT2D eigenvalue weighted by molar-refractivity contribution is 6.22. The quantitative estimate of drug-likeness (QED) is 0.384. The van der Waals surface area contributed by atoms with E-state index in [0.29, 0.717) is 6.54 Å². The monoisotopic (exact) mass is 478 g/mol. The number of hydrogen-bond acceptors (Lipinski definition) is 6. The Hall–Kier alpha value is -3.68. The Morgan fingerprint density at radius 3 is 2.11 bits per heavy atom. The molecule has 0 saturated heterocycles. The molecule has 8 nitrogen and oxygen atoms in total. The normalized spacial score (nSPS) is 15.7. The standard InChI is InChI=1S/C27H30N2O6/c1-17(2)14-23(29-25(31)21-6-4-5-7-22(21)26(29)32)27(33)35-16-24(30)28(19-10-11-19)15-18-8-12-20(34-3)13-9-18/h4-9,12-13,17,19,23H,10-11,14-16H2,1-3H3.